The Balaban J connectivity index is 2.09. The lowest BCUT2D eigenvalue weighted by molar-refractivity contribution is 0.371. The maximum atomic E-state index is 10.2. The van der Waals surface area contributed by atoms with Gasteiger partial charge in [-0.05, 0) is 50.5 Å². The van der Waals surface area contributed by atoms with Crippen LogP contribution < -0.4 is 4.74 Å². The number of hydrogen-bond donors (Lipinski definition) is 2. The van der Waals surface area contributed by atoms with E-state index in [4.69, 9.17) is 4.74 Å². The SMILES string of the molecule is COc1c(O)cc(Cc2c(O)ccc3ccccc23)cc1Br. The lowest BCUT2D eigenvalue weighted by Gasteiger charge is -2.12. The van der Waals surface area contributed by atoms with Gasteiger partial charge in [0.05, 0.1) is 11.6 Å². The van der Waals surface area contributed by atoms with Gasteiger partial charge in [0.25, 0.3) is 0 Å². The Hall–Kier alpha value is -2.20. The van der Waals surface area contributed by atoms with Crippen molar-refractivity contribution in [2.45, 2.75) is 6.42 Å². The maximum absolute atomic E-state index is 10.2. The number of rotatable bonds is 3. The molecular weight excluding hydrogens is 344 g/mol. The molecule has 0 saturated heterocycles. The Morgan fingerprint density at radius 1 is 1.00 bits per heavy atom. The second-order valence-corrected chi connectivity index (χ2v) is 5.95. The quantitative estimate of drug-likeness (QED) is 0.718. The number of ether oxygens (including phenoxy) is 1. The van der Waals surface area contributed by atoms with E-state index in [0.29, 0.717) is 16.6 Å². The molecule has 22 heavy (non-hydrogen) atoms. The van der Waals surface area contributed by atoms with Crippen LogP contribution in [-0.4, -0.2) is 17.3 Å². The van der Waals surface area contributed by atoms with Crippen molar-refractivity contribution in [1.29, 1.82) is 0 Å². The average molecular weight is 359 g/mol. The van der Waals surface area contributed by atoms with E-state index in [0.717, 1.165) is 21.9 Å². The second kappa shape index (κ2) is 5.89. The minimum atomic E-state index is 0.0756. The standard InChI is InChI=1S/C18H15BrO3/c1-22-18-15(19)9-11(10-17(18)21)8-14-13-5-3-2-4-12(13)6-7-16(14)20/h2-7,9-10,20-21H,8H2,1H3. The number of fused-ring (bicyclic) bond motifs is 1. The summed E-state index contributed by atoms with van der Waals surface area (Å²) in [4.78, 5) is 0. The molecule has 0 saturated carbocycles. The molecule has 112 valence electrons. The molecule has 0 aliphatic heterocycles. The monoisotopic (exact) mass is 358 g/mol. The van der Waals surface area contributed by atoms with Gasteiger partial charge in [0.1, 0.15) is 5.75 Å². The topological polar surface area (TPSA) is 49.7 Å². The van der Waals surface area contributed by atoms with Crippen LogP contribution in [0.25, 0.3) is 10.8 Å². The van der Waals surface area contributed by atoms with Crippen LogP contribution in [0.3, 0.4) is 0 Å². The zero-order valence-electron chi connectivity index (χ0n) is 12.0. The molecule has 0 amide bonds. The van der Waals surface area contributed by atoms with Crippen molar-refractivity contribution in [1.82, 2.24) is 0 Å². The van der Waals surface area contributed by atoms with E-state index in [9.17, 15) is 10.2 Å². The molecule has 0 unspecified atom stereocenters. The highest BCUT2D eigenvalue weighted by Gasteiger charge is 2.12. The van der Waals surface area contributed by atoms with Crippen molar-refractivity contribution in [3.8, 4) is 17.2 Å². The van der Waals surface area contributed by atoms with E-state index in [-0.39, 0.29) is 11.5 Å². The van der Waals surface area contributed by atoms with Crippen LogP contribution >= 0.6 is 15.9 Å². The molecular formula is C18H15BrO3. The van der Waals surface area contributed by atoms with Gasteiger partial charge in [0, 0.05) is 12.0 Å². The van der Waals surface area contributed by atoms with Crippen molar-refractivity contribution in [3.05, 3.63) is 64.1 Å². The van der Waals surface area contributed by atoms with Gasteiger partial charge in [-0.3, -0.25) is 0 Å². The lowest BCUT2D eigenvalue weighted by Crippen LogP contribution is -1.93. The first-order valence-electron chi connectivity index (χ1n) is 6.85. The summed E-state index contributed by atoms with van der Waals surface area (Å²) < 4.78 is 5.81. The molecule has 0 heterocycles. The van der Waals surface area contributed by atoms with Gasteiger partial charge >= 0.3 is 0 Å². The molecule has 3 aromatic rings. The molecule has 3 nitrogen and oxygen atoms in total. The highest BCUT2D eigenvalue weighted by molar-refractivity contribution is 9.10. The van der Waals surface area contributed by atoms with Gasteiger partial charge in [-0.25, -0.2) is 0 Å². The Bertz CT molecular complexity index is 820. The molecule has 0 bridgehead atoms. The van der Waals surface area contributed by atoms with Gasteiger partial charge in [0.15, 0.2) is 11.5 Å². The number of methoxy groups -OCH3 is 1. The summed E-state index contributed by atoms with van der Waals surface area (Å²) in [5.74, 6) is 0.739. The number of phenolic OH excluding ortho intramolecular Hbond substituents is 2. The van der Waals surface area contributed by atoms with Crippen LogP contribution in [0.5, 0.6) is 17.2 Å². The Kier molecular flexibility index (Phi) is 3.94. The molecule has 0 aliphatic carbocycles. The molecule has 0 fully saturated rings. The number of phenols is 2. The summed E-state index contributed by atoms with van der Waals surface area (Å²) in [7, 11) is 1.51. The molecule has 3 aromatic carbocycles. The van der Waals surface area contributed by atoms with Crippen LogP contribution in [0, 0.1) is 0 Å². The smallest absolute Gasteiger partial charge is 0.174 e. The molecule has 0 spiro atoms. The summed E-state index contributed by atoms with van der Waals surface area (Å²) in [6, 6.07) is 15.1. The van der Waals surface area contributed by atoms with Crippen LogP contribution in [0.1, 0.15) is 11.1 Å². The van der Waals surface area contributed by atoms with Crippen molar-refractivity contribution < 1.29 is 14.9 Å². The van der Waals surface area contributed by atoms with E-state index < -0.39 is 0 Å². The highest BCUT2D eigenvalue weighted by Crippen LogP contribution is 2.37. The third kappa shape index (κ3) is 2.62. The number of benzene rings is 3. The van der Waals surface area contributed by atoms with E-state index in [1.54, 1.807) is 12.1 Å². The first-order chi connectivity index (χ1) is 10.6. The summed E-state index contributed by atoms with van der Waals surface area (Å²) in [6.07, 6.45) is 0.517. The van der Waals surface area contributed by atoms with E-state index in [2.05, 4.69) is 15.9 Å². The molecule has 0 aliphatic rings. The second-order valence-electron chi connectivity index (χ2n) is 5.09. The van der Waals surface area contributed by atoms with E-state index >= 15 is 0 Å². The normalized spacial score (nSPS) is 10.8. The third-order valence-electron chi connectivity index (χ3n) is 3.68. The van der Waals surface area contributed by atoms with Gasteiger partial charge in [-0.2, -0.15) is 0 Å². The minimum absolute atomic E-state index is 0.0756. The van der Waals surface area contributed by atoms with Crippen molar-refractivity contribution >= 4 is 26.7 Å². The van der Waals surface area contributed by atoms with Crippen LogP contribution in [0.15, 0.2) is 53.0 Å². The van der Waals surface area contributed by atoms with E-state index in [1.807, 2.05) is 36.4 Å². The maximum Gasteiger partial charge on any atom is 0.174 e. The third-order valence-corrected chi connectivity index (χ3v) is 4.27. The van der Waals surface area contributed by atoms with Gasteiger partial charge < -0.3 is 14.9 Å². The Morgan fingerprint density at radius 2 is 1.77 bits per heavy atom. The van der Waals surface area contributed by atoms with Gasteiger partial charge in [-0.1, -0.05) is 30.3 Å². The Labute approximate surface area is 136 Å². The summed E-state index contributed by atoms with van der Waals surface area (Å²) in [6.45, 7) is 0. The van der Waals surface area contributed by atoms with Gasteiger partial charge in [0.2, 0.25) is 0 Å². The largest absolute Gasteiger partial charge is 0.508 e. The number of halogens is 1. The van der Waals surface area contributed by atoms with Crippen LogP contribution in [0.2, 0.25) is 0 Å². The van der Waals surface area contributed by atoms with E-state index in [1.165, 1.54) is 7.11 Å². The lowest BCUT2D eigenvalue weighted by atomic mass is 9.97. The molecule has 0 aromatic heterocycles. The number of aromatic hydroxyl groups is 2. The van der Waals surface area contributed by atoms with Crippen molar-refractivity contribution in [3.63, 3.8) is 0 Å². The highest BCUT2D eigenvalue weighted by atomic mass is 79.9. The molecule has 0 radical (unpaired) electrons. The molecule has 3 rings (SSSR count). The van der Waals surface area contributed by atoms with Gasteiger partial charge in [-0.15, -0.1) is 0 Å². The van der Waals surface area contributed by atoms with Crippen molar-refractivity contribution in [2.24, 2.45) is 0 Å². The first kappa shape index (κ1) is 14.7. The average Bonchev–Trinajstić information content (AvgIpc) is 2.50. The predicted molar refractivity (Wildman–Crippen MR) is 90.8 cm³/mol. The summed E-state index contributed by atoms with van der Waals surface area (Å²) in [5, 5.41) is 22.3. The predicted octanol–water partition coefficient (Wildman–Crippen LogP) is 4.61. The summed E-state index contributed by atoms with van der Waals surface area (Å²) in [5.41, 5.74) is 1.73. The minimum Gasteiger partial charge on any atom is -0.508 e. The zero-order valence-corrected chi connectivity index (χ0v) is 13.6. The fourth-order valence-corrected chi connectivity index (χ4v) is 3.31. The zero-order chi connectivity index (χ0) is 15.7. The number of hydrogen-bond acceptors (Lipinski definition) is 3. The van der Waals surface area contributed by atoms with Crippen molar-refractivity contribution in [2.75, 3.05) is 7.11 Å². The van der Waals surface area contributed by atoms with Crippen LogP contribution in [0.4, 0.5) is 0 Å². The fraction of sp³-hybridized carbons (Fsp3) is 0.111. The molecule has 2 N–H and O–H groups in total. The summed E-state index contributed by atoms with van der Waals surface area (Å²) >= 11 is 3.39. The van der Waals surface area contributed by atoms with Crippen LogP contribution in [-0.2, 0) is 6.42 Å². The first-order valence-corrected chi connectivity index (χ1v) is 7.64. The molecule has 0 atom stereocenters. The molecule has 4 heteroatoms. The Morgan fingerprint density at radius 3 is 2.50 bits per heavy atom. The fourth-order valence-electron chi connectivity index (χ4n) is 2.65.